The van der Waals surface area contributed by atoms with E-state index in [1.807, 2.05) is 6.82 Å². The molecule has 0 aromatic carbocycles. The quantitative estimate of drug-likeness (QED) is 0.465. The monoisotopic (exact) mass is 140 g/mol. The number of piperazine rings is 1. The van der Waals surface area contributed by atoms with Gasteiger partial charge in [-0.15, -0.1) is 0 Å². The summed E-state index contributed by atoms with van der Waals surface area (Å²) >= 11 is 0. The van der Waals surface area contributed by atoms with Crippen LogP contribution in [0.2, 0.25) is 6.82 Å². The van der Waals surface area contributed by atoms with Crippen molar-refractivity contribution >= 4 is 7.05 Å². The Morgan fingerprint density at radius 1 is 1.70 bits per heavy atom. The fourth-order valence-corrected chi connectivity index (χ4v) is 2.05. The molecule has 2 aliphatic heterocycles. The second-order valence-corrected chi connectivity index (χ2v) is 3.32. The molecule has 0 unspecified atom stereocenters. The zero-order chi connectivity index (χ0) is 7.14. The van der Waals surface area contributed by atoms with Gasteiger partial charge in [-0.3, -0.25) is 0 Å². The summed E-state index contributed by atoms with van der Waals surface area (Å²) in [5, 5.41) is 12.7. The zero-order valence-corrected chi connectivity index (χ0v) is 6.25. The lowest BCUT2D eigenvalue weighted by Crippen LogP contribution is -2.49. The Morgan fingerprint density at radius 2 is 2.50 bits per heavy atom. The van der Waals surface area contributed by atoms with Gasteiger partial charge < -0.3 is 15.2 Å². The first-order valence-electron chi connectivity index (χ1n) is 3.94. The van der Waals surface area contributed by atoms with Crippen LogP contribution in [-0.2, 0) is 0 Å². The third-order valence-corrected chi connectivity index (χ3v) is 2.58. The van der Waals surface area contributed by atoms with Crippen LogP contribution in [-0.4, -0.2) is 42.1 Å². The van der Waals surface area contributed by atoms with Crippen molar-refractivity contribution < 1.29 is 5.02 Å². The van der Waals surface area contributed by atoms with Crippen molar-refractivity contribution in [1.82, 2.24) is 10.1 Å². The number of rotatable bonds is 1. The van der Waals surface area contributed by atoms with Crippen molar-refractivity contribution in [2.24, 2.45) is 0 Å². The van der Waals surface area contributed by atoms with Crippen molar-refractivity contribution in [3.8, 4) is 0 Å². The van der Waals surface area contributed by atoms with Crippen LogP contribution >= 0.6 is 0 Å². The van der Waals surface area contributed by atoms with E-state index in [2.05, 4.69) is 10.1 Å². The number of fused-ring (bicyclic) bond motifs is 2. The number of hydrogen-bond acceptors (Lipinski definition) is 3. The molecule has 56 valence electrons. The Bertz CT molecular complexity index is 142. The molecular weight excluding hydrogens is 127 g/mol. The first kappa shape index (κ1) is 6.64. The van der Waals surface area contributed by atoms with E-state index in [1.165, 1.54) is 6.42 Å². The maximum atomic E-state index is 9.27. The Hall–Kier alpha value is -0.0551. The minimum atomic E-state index is -0.253. The molecule has 2 bridgehead atoms. The van der Waals surface area contributed by atoms with Gasteiger partial charge in [-0.1, -0.05) is 0 Å². The SMILES string of the molecule is CB(O)N1C[C@@H]2C[C@H]1CN2. The van der Waals surface area contributed by atoms with Crippen LogP contribution in [0.1, 0.15) is 6.42 Å². The van der Waals surface area contributed by atoms with Crippen molar-refractivity contribution in [3.05, 3.63) is 0 Å². The highest BCUT2D eigenvalue weighted by molar-refractivity contribution is 6.45. The van der Waals surface area contributed by atoms with Gasteiger partial charge in [0.1, 0.15) is 0 Å². The molecule has 0 aliphatic carbocycles. The summed E-state index contributed by atoms with van der Waals surface area (Å²) in [6, 6.07) is 1.25. The summed E-state index contributed by atoms with van der Waals surface area (Å²) in [5.74, 6) is 0. The standard InChI is InChI=1S/C6H13BN2O/c1-7(10)9-4-5-2-6(9)3-8-5/h5-6,8,10H,2-4H2,1H3/t5-,6-/m0/s1. The molecule has 4 heteroatoms. The number of nitrogens with zero attached hydrogens (tertiary/aromatic N) is 1. The van der Waals surface area contributed by atoms with Gasteiger partial charge in [-0.05, 0) is 13.2 Å². The maximum absolute atomic E-state index is 9.27. The first-order chi connectivity index (χ1) is 4.77. The second-order valence-electron chi connectivity index (χ2n) is 3.32. The van der Waals surface area contributed by atoms with Crippen LogP contribution in [0.15, 0.2) is 0 Å². The zero-order valence-electron chi connectivity index (χ0n) is 6.25. The van der Waals surface area contributed by atoms with Crippen LogP contribution in [0.3, 0.4) is 0 Å². The molecule has 0 aromatic rings. The molecular formula is C6H13BN2O. The highest BCUT2D eigenvalue weighted by atomic mass is 16.2. The molecule has 0 spiro atoms. The molecule has 2 fully saturated rings. The van der Waals surface area contributed by atoms with Crippen LogP contribution in [0.25, 0.3) is 0 Å². The van der Waals surface area contributed by atoms with E-state index < -0.39 is 0 Å². The third kappa shape index (κ3) is 0.874. The van der Waals surface area contributed by atoms with Crippen molar-refractivity contribution in [3.63, 3.8) is 0 Å². The van der Waals surface area contributed by atoms with Crippen LogP contribution in [0, 0.1) is 0 Å². The van der Waals surface area contributed by atoms with Gasteiger partial charge in [0.15, 0.2) is 0 Å². The third-order valence-electron chi connectivity index (χ3n) is 2.58. The maximum Gasteiger partial charge on any atom is 0.376 e. The van der Waals surface area contributed by atoms with Gasteiger partial charge >= 0.3 is 7.05 Å². The van der Waals surface area contributed by atoms with Gasteiger partial charge in [0, 0.05) is 25.2 Å². The van der Waals surface area contributed by atoms with E-state index in [0.717, 1.165) is 13.1 Å². The van der Waals surface area contributed by atoms with E-state index in [1.54, 1.807) is 0 Å². The minimum absolute atomic E-state index is 0.253. The van der Waals surface area contributed by atoms with E-state index in [-0.39, 0.29) is 7.05 Å². The Labute approximate surface area is 61.5 Å². The lowest BCUT2D eigenvalue weighted by molar-refractivity contribution is 0.312. The van der Waals surface area contributed by atoms with E-state index in [0.29, 0.717) is 12.1 Å². The van der Waals surface area contributed by atoms with Gasteiger partial charge in [0.2, 0.25) is 0 Å². The van der Waals surface area contributed by atoms with Gasteiger partial charge in [0.25, 0.3) is 0 Å². The molecule has 2 saturated heterocycles. The highest BCUT2D eigenvalue weighted by Crippen LogP contribution is 2.23. The molecule has 0 aromatic heterocycles. The number of hydrogen-bond donors (Lipinski definition) is 2. The Morgan fingerprint density at radius 3 is 2.80 bits per heavy atom. The molecule has 3 nitrogen and oxygen atoms in total. The van der Waals surface area contributed by atoms with E-state index in [9.17, 15) is 5.02 Å². The minimum Gasteiger partial charge on any atom is -0.437 e. The summed E-state index contributed by atoms with van der Waals surface area (Å²) in [7, 11) is -0.253. The number of nitrogens with one attached hydrogen (secondary N) is 1. The average molecular weight is 140 g/mol. The topological polar surface area (TPSA) is 35.5 Å². The summed E-state index contributed by atoms with van der Waals surface area (Å²) < 4.78 is 0. The first-order valence-corrected chi connectivity index (χ1v) is 3.94. The molecule has 2 rings (SSSR count). The van der Waals surface area contributed by atoms with Gasteiger partial charge in [-0.25, -0.2) is 0 Å². The van der Waals surface area contributed by atoms with Crippen LogP contribution in [0.4, 0.5) is 0 Å². The predicted octanol–water partition coefficient (Wildman–Crippen LogP) is -0.857. The lowest BCUT2D eigenvalue weighted by atomic mass is 9.84. The molecule has 2 atom stereocenters. The predicted molar refractivity (Wildman–Crippen MR) is 40.7 cm³/mol. The van der Waals surface area contributed by atoms with E-state index >= 15 is 0 Å². The van der Waals surface area contributed by atoms with Crippen LogP contribution in [0.5, 0.6) is 0 Å². The summed E-state index contributed by atoms with van der Waals surface area (Å²) in [5.41, 5.74) is 0. The average Bonchev–Trinajstić information content (AvgIpc) is 2.44. The molecule has 2 heterocycles. The van der Waals surface area contributed by atoms with Crippen molar-refractivity contribution in [1.29, 1.82) is 0 Å². The highest BCUT2D eigenvalue weighted by Gasteiger charge is 2.40. The fourth-order valence-electron chi connectivity index (χ4n) is 2.05. The van der Waals surface area contributed by atoms with Gasteiger partial charge in [-0.2, -0.15) is 0 Å². The second kappa shape index (κ2) is 2.22. The fraction of sp³-hybridized carbons (Fsp3) is 1.00. The molecule has 10 heavy (non-hydrogen) atoms. The van der Waals surface area contributed by atoms with Crippen molar-refractivity contribution in [2.45, 2.75) is 25.3 Å². The molecule has 2 aliphatic rings. The smallest absolute Gasteiger partial charge is 0.376 e. The summed E-state index contributed by atoms with van der Waals surface area (Å²) in [4.78, 5) is 2.17. The van der Waals surface area contributed by atoms with Crippen LogP contribution < -0.4 is 5.32 Å². The van der Waals surface area contributed by atoms with Crippen molar-refractivity contribution in [2.75, 3.05) is 13.1 Å². The van der Waals surface area contributed by atoms with Gasteiger partial charge in [0.05, 0.1) is 0 Å². The lowest BCUT2D eigenvalue weighted by Gasteiger charge is -2.27. The van der Waals surface area contributed by atoms with E-state index in [4.69, 9.17) is 0 Å². The molecule has 0 amide bonds. The Kier molecular flexibility index (Phi) is 1.48. The Balaban J connectivity index is 2.02. The molecule has 0 saturated carbocycles. The largest absolute Gasteiger partial charge is 0.437 e. The normalized spacial score (nSPS) is 39.0. The molecule has 0 radical (unpaired) electrons. The summed E-state index contributed by atoms with van der Waals surface area (Å²) in [6.45, 7) is 3.94. The summed E-state index contributed by atoms with van der Waals surface area (Å²) in [6.07, 6.45) is 1.23. The molecule has 2 N–H and O–H groups in total.